The Morgan fingerprint density at radius 1 is 1.06 bits per heavy atom. The molecule has 0 amide bonds. The number of hydrogen-bond donors (Lipinski definition) is 2. The van der Waals surface area contributed by atoms with Crippen molar-refractivity contribution in [3.63, 3.8) is 0 Å². The predicted molar refractivity (Wildman–Crippen MR) is 130 cm³/mol. The van der Waals surface area contributed by atoms with Gasteiger partial charge in [0.15, 0.2) is 5.65 Å². The fourth-order valence-corrected chi connectivity index (χ4v) is 4.95. The molecule has 4 aromatic rings. The highest BCUT2D eigenvalue weighted by Crippen LogP contribution is 2.30. The fourth-order valence-electron chi connectivity index (χ4n) is 3.26. The van der Waals surface area contributed by atoms with E-state index in [1.54, 1.807) is 10.7 Å². The normalized spacial score (nSPS) is 11.7. The zero-order valence-corrected chi connectivity index (χ0v) is 20.5. The summed E-state index contributed by atoms with van der Waals surface area (Å²) < 4.78 is 42.8. The van der Waals surface area contributed by atoms with Gasteiger partial charge in [-0.25, -0.2) is 22.5 Å². The van der Waals surface area contributed by atoms with E-state index in [1.807, 2.05) is 30.3 Å². The molecule has 4 rings (SSSR count). The molecule has 2 heterocycles. The summed E-state index contributed by atoms with van der Waals surface area (Å²) >= 11 is 9.83. The summed E-state index contributed by atoms with van der Waals surface area (Å²) in [5, 5.41) is 8.29. The highest BCUT2D eigenvalue weighted by molar-refractivity contribution is 9.10. The average molecular weight is 553 g/mol. The van der Waals surface area contributed by atoms with Crippen molar-refractivity contribution in [3.05, 3.63) is 76.1 Å². The van der Waals surface area contributed by atoms with Crippen LogP contribution in [0.25, 0.3) is 16.9 Å². The molecule has 0 unspecified atom stereocenters. The number of unbranched alkanes of at least 4 members (excludes halogenated alkanes) is 1. The fraction of sp³-hybridized carbons (Fsp3) is 0.182. The van der Waals surface area contributed by atoms with Crippen molar-refractivity contribution in [1.29, 1.82) is 0 Å². The van der Waals surface area contributed by atoms with E-state index in [-0.39, 0.29) is 11.4 Å². The molecule has 0 saturated carbocycles. The highest BCUT2D eigenvalue weighted by atomic mass is 79.9. The van der Waals surface area contributed by atoms with Crippen LogP contribution in [-0.4, -0.2) is 36.1 Å². The van der Waals surface area contributed by atoms with Crippen LogP contribution in [0.15, 0.2) is 70.2 Å². The van der Waals surface area contributed by atoms with Gasteiger partial charge in [0.1, 0.15) is 11.6 Å². The van der Waals surface area contributed by atoms with Gasteiger partial charge in [-0.2, -0.15) is 9.61 Å². The molecule has 0 fully saturated rings. The zero-order chi connectivity index (χ0) is 23.4. The molecule has 0 bridgehead atoms. The molecule has 0 spiro atoms. The lowest BCUT2D eigenvalue weighted by Gasteiger charge is -2.12. The Morgan fingerprint density at radius 3 is 2.64 bits per heavy atom. The van der Waals surface area contributed by atoms with Crippen LogP contribution in [0, 0.1) is 5.82 Å². The summed E-state index contributed by atoms with van der Waals surface area (Å²) in [6.07, 6.45) is 2.96. The van der Waals surface area contributed by atoms with Crippen LogP contribution in [0.4, 0.5) is 10.2 Å². The van der Waals surface area contributed by atoms with Gasteiger partial charge in [-0.1, -0.05) is 35.9 Å². The molecule has 11 heteroatoms. The summed E-state index contributed by atoms with van der Waals surface area (Å²) in [5.41, 5.74) is 2.17. The molecule has 2 aromatic carbocycles. The standard InChI is InChI=1S/C22H20BrClFN5O2S/c23-18-14-27-30-21(13-20(29-22(18)30)17-8-1-2-9-19(17)24)26-10-3-4-11-28-33(31,32)16-7-5-6-15(25)12-16/h1-2,5-9,12-14,26,28H,3-4,10-11H2. The molecular weight excluding hydrogens is 533 g/mol. The number of anilines is 1. The number of aromatic nitrogens is 3. The second-order valence-corrected chi connectivity index (χ2v) is 10.3. The van der Waals surface area contributed by atoms with Crippen molar-refractivity contribution >= 4 is 49.0 Å². The maximum Gasteiger partial charge on any atom is 0.240 e. The van der Waals surface area contributed by atoms with Crippen molar-refractivity contribution in [2.75, 3.05) is 18.4 Å². The molecule has 0 atom stereocenters. The number of sulfonamides is 1. The summed E-state index contributed by atoms with van der Waals surface area (Å²) in [7, 11) is -3.74. The van der Waals surface area contributed by atoms with E-state index in [4.69, 9.17) is 11.6 Å². The number of fused-ring (bicyclic) bond motifs is 1. The number of benzene rings is 2. The van der Waals surface area contributed by atoms with Crippen LogP contribution >= 0.6 is 27.5 Å². The maximum atomic E-state index is 13.3. The van der Waals surface area contributed by atoms with Crippen LogP contribution in [0.5, 0.6) is 0 Å². The second-order valence-electron chi connectivity index (χ2n) is 7.22. The number of nitrogens with one attached hydrogen (secondary N) is 2. The number of rotatable bonds is 9. The third-order valence-electron chi connectivity index (χ3n) is 4.89. The minimum atomic E-state index is -3.74. The van der Waals surface area contributed by atoms with Gasteiger partial charge in [0.05, 0.1) is 21.3 Å². The van der Waals surface area contributed by atoms with Gasteiger partial charge in [0.25, 0.3) is 0 Å². The lowest BCUT2D eigenvalue weighted by Crippen LogP contribution is -2.25. The number of nitrogens with zero attached hydrogens (tertiary/aromatic N) is 3. The molecule has 172 valence electrons. The van der Waals surface area contributed by atoms with Gasteiger partial charge in [-0.3, -0.25) is 0 Å². The van der Waals surface area contributed by atoms with Gasteiger partial charge in [0.2, 0.25) is 10.0 Å². The molecule has 0 saturated heterocycles. The molecule has 33 heavy (non-hydrogen) atoms. The Kier molecular flexibility index (Phi) is 7.28. The molecule has 0 radical (unpaired) electrons. The smallest absolute Gasteiger partial charge is 0.240 e. The summed E-state index contributed by atoms with van der Waals surface area (Å²) in [5.74, 6) is 0.146. The number of halogens is 3. The summed E-state index contributed by atoms with van der Waals surface area (Å²) in [6, 6.07) is 14.3. The molecular formula is C22H20BrClFN5O2S. The first-order valence-electron chi connectivity index (χ1n) is 10.1. The average Bonchev–Trinajstić information content (AvgIpc) is 3.17. The highest BCUT2D eigenvalue weighted by Gasteiger charge is 2.15. The van der Waals surface area contributed by atoms with Crippen molar-refractivity contribution in [3.8, 4) is 11.3 Å². The molecule has 7 nitrogen and oxygen atoms in total. The van der Waals surface area contributed by atoms with Crippen molar-refractivity contribution in [1.82, 2.24) is 19.3 Å². The van der Waals surface area contributed by atoms with E-state index in [9.17, 15) is 12.8 Å². The van der Waals surface area contributed by atoms with Gasteiger partial charge >= 0.3 is 0 Å². The Hall–Kier alpha value is -2.53. The van der Waals surface area contributed by atoms with Gasteiger partial charge < -0.3 is 5.32 Å². The second kappa shape index (κ2) is 10.2. The van der Waals surface area contributed by atoms with Gasteiger partial charge in [0, 0.05) is 29.7 Å². The molecule has 0 aliphatic rings. The minimum Gasteiger partial charge on any atom is -0.370 e. The van der Waals surface area contributed by atoms with Crippen LogP contribution in [0.2, 0.25) is 5.02 Å². The molecule has 2 N–H and O–H groups in total. The zero-order valence-electron chi connectivity index (χ0n) is 17.3. The largest absolute Gasteiger partial charge is 0.370 e. The van der Waals surface area contributed by atoms with E-state index in [0.29, 0.717) is 35.8 Å². The Balaban J connectivity index is 1.39. The third kappa shape index (κ3) is 5.52. The predicted octanol–water partition coefficient (Wildman–Crippen LogP) is 5.12. The van der Waals surface area contributed by atoms with Crippen LogP contribution in [0.3, 0.4) is 0 Å². The van der Waals surface area contributed by atoms with Crippen molar-refractivity contribution in [2.45, 2.75) is 17.7 Å². The quantitative estimate of drug-likeness (QED) is 0.281. The molecule has 2 aromatic heterocycles. The minimum absolute atomic E-state index is 0.0869. The van der Waals surface area contributed by atoms with Gasteiger partial charge in [-0.05, 0) is 53.0 Å². The maximum absolute atomic E-state index is 13.3. The molecule has 0 aliphatic heterocycles. The Bertz CT molecular complexity index is 1400. The van der Waals surface area contributed by atoms with E-state index >= 15 is 0 Å². The van der Waals surface area contributed by atoms with Crippen LogP contribution < -0.4 is 10.0 Å². The van der Waals surface area contributed by atoms with E-state index < -0.39 is 15.8 Å². The van der Waals surface area contributed by atoms with E-state index in [2.05, 4.69) is 36.1 Å². The van der Waals surface area contributed by atoms with E-state index in [0.717, 1.165) is 21.9 Å². The lowest BCUT2D eigenvalue weighted by molar-refractivity contribution is 0.574. The topological polar surface area (TPSA) is 88.4 Å². The SMILES string of the molecule is O=S(=O)(NCCCCNc1cc(-c2ccccc2Cl)nc2c(Br)cnn12)c1cccc(F)c1. The van der Waals surface area contributed by atoms with Crippen molar-refractivity contribution in [2.24, 2.45) is 0 Å². The van der Waals surface area contributed by atoms with Gasteiger partial charge in [-0.15, -0.1) is 0 Å². The Labute approximate surface area is 204 Å². The summed E-state index contributed by atoms with van der Waals surface area (Å²) in [4.78, 5) is 4.59. The third-order valence-corrected chi connectivity index (χ3v) is 7.23. The van der Waals surface area contributed by atoms with Crippen LogP contribution in [-0.2, 0) is 10.0 Å². The summed E-state index contributed by atoms with van der Waals surface area (Å²) in [6.45, 7) is 0.824. The monoisotopic (exact) mass is 551 g/mol. The first-order valence-corrected chi connectivity index (χ1v) is 12.8. The molecule has 0 aliphatic carbocycles. The lowest BCUT2D eigenvalue weighted by atomic mass is 10.1. The van der Waals surface area contributed by atoms with E-state index in [1.165, 1.54) is 18.2 Å². The Morgan fingerprint density at radius 2 is 1.85 bits per heavy atom. The van der Waals surface area contributed by atoms with Crippen LogP contribution in [0.1, 0.15) is 12.8 Å². The number of hydrogen-bond acceptors (Lipinski definition) is 5. The van der Waals surface area contributed by atoms with Crippen molar-refractivity contribution < 1.29 is 12.8 Å². The first kappa shape index (κ1) is 23.6. The first-order chi connectivity index (χ1) is 15.8.